The summed E-state index contributed by atoms with van der Waals surface area (Å²) >= 11 is 0. The number of amides is 1. The van der Waals surface area contributed by atoms with E-state index in [1.54, 1.807) is 42.5 Å². The Labute approximate surface area is 207 Å². The number of benzene rings is 4. The Morgan fingerprint density at radius 3 is 2.19 bits per heavy atom. The summed E-state index contributed by atoms with van der Waals surface area (Å²) in [5.74, 6) is -2.17. The number of nitrogens with one attached hydrogen (secondary N) is 2. The maximum Gasteiger partial charge on any atom is 0.335 e. The van der Waals surface area contributed by atoms with Crippen LogP contribution in [0.25, 0.3) is 10.8 Å². The lowest BCUT2D eigenvalue weighted by molar-refractivity contribution is -0.109. The number of hydrogen-bond acceptors (Lipinski definition) is 5. The quantitative estimate of drug-likeness (QED) is 0.298. The summed E-state index contributed by atoms with van der Waals surface area (Å²) in [6.07, 6.45) is 0.800. The highest BCUT2D eigenvalue weighted by Crippen LogP contribution is 2.23. The molecular formula is C27H22N2O6S. The molecule has 4 aromatic rings. The molecule has 0 unspecified atom stereocenters. The number of hydrogen-bond donors (Lipinski definition) is 3. The van der Waals surface area contributed by atoms with E-state index in [0.29, 0.717) is 6.29 Å². The summed E-state index contributed by atoms with van der Waals surface area (Å²) in [4.78, 5) is 35.7. The monoisotopic (exact) mass is 502 g/mol. The van der Waals surface area contributed by atoms with Crippen molar-refractivity contribution in [3.8, 4) is 0 Å². The van der Waals surface area contributed by atoms with E-state index in [1.807, 2.05) is 30.3 Å². The van der Waals surface area contributed by atoms with E-state index >= 15 is 0 Å². The van der Waals surface area contributed by atoms with Crippen LogP contribution in [0.2, 0.25) is 0 Å². The van der Waals surface area contributed by atoms with Gasteiger partial charge in [0.1, 0.15) is 6.29 Å². The highest BCUT2D eigenvalue weighted by Gasteiger charge is 2.22. The second-order valence-electron chi connectivity index (χ2n) is 8.12. The molecule has 4 aromatic carbocycles. The van der Waals surface area contributed by atoms with E-state index in [2.05, 4.69) is 10.0 Å². The van der Waals surface area contributed by atoms with Gasteiger partial charge in [-0.3, -0.25) is 9.52 Å². The molecule has 0 radical (unpaired) electrons. The number of carbonyl (C=O) groups excluding carboxylic acids is 2. The Bertz CT molecular complexity index is 1550. The minimum atomic E-state index is -4.24. The molecule has 0 bridgehead atoms. The Morgan fingerprint density at radius 2 is 1.50 bits per heavy atom. The van der Waals surface area contributed by atoms with Crippen molar-refractivity contribution in [3.63, 3.8) is 0 Å². The Kier molecular flexibility index (Phi) is 7.12. The van der Waals surface area contributed by atoms with Gasteiger partial charge in [-0.15, -0.1) is 0 Å². The predicted molar refractivity (Wildman–Crippen MR) is 136 cm³/mol. The fourth-order valence-electron chi connectivity index (χ4n) is 3.73. The predicted octanol–water partition coefficient (Wildman–Crippen LogP) is 3.88. The summed E-state index contributed by atoms with van der Waals surface area (Å²) < 4.78 is 28.7. The molecule has 9 heteroatoms. The van der Waals surface area contributed by atoms with Crippen molar-refractivity contribution in [1.29, 1.82) is 0 Å². The van der Waals surface area contributed by atoms with Crippen LogP contribution in [-0.2, 0) is 21.2 Å². The van der Waals surface area contributed by atoms with Crippen LogP contribution in [0.5, 0.6) is 0 Å². The van der Waals surface area contributed by atoms with E-state index in [4.69, 9.17) is 0 Å². The number of fused-ring (bicyclic) bond motifs is 1. The minimum Gasteiger partial charge on any atom is -0.478 e. The molecule has 0 fully saturated rings. The van der Waals surface area contributed by atoms with Crippen LogP contribution in [0, 0.1) is 0 Å². The Morgan fingerprint density at radius 1 is 0.833 bits per heavy atom. The van der Waals surface area contributed by atoms with Crippen molar-refractivity contribution in [3.05, 3.63) is 108 Å². The fraction of sp³-hybridized carbons (Fsp3) is 0.0741. The Balaban J connectivity index is 1.61. The van der Waals surface area contributed by atoms with Crippen molar-refractivity contribution in [1.82, 2.24) is 5.32 Å². The standard InChI is InChI=1S/C27H22N2O6S/c30-17-24(12-18-6-2-1-3-7-18)28-26(31)21-13-22(27(32)33)16-25(15-21)36(34,35)29-23-11-10-19-8-4-5-9-20(19)14-23/h1-11,13-17,24,29H,12H2,(H,28,31)(H,32,33)/t24-/m0/s1. The third-order valence-corrected chi connectivity index (χ3v) is 6.87. The van der Waals surface area contributed by atoms with Crippen molar-refractivity contribution in [2.24, 2.45) is 0 Å². The van der Waals surface area contributed by atoms with Crippen LogP contribution in [0.1, 0.15) is 26.3 Å². The molecule has 0 spiro atoms. The van der Waals surface area contributed by atoms with E-state index in [0.717, 1.165) is 34.5 Å². The van der Waals surface area contributed by atoms with Gasteiger partial charge in [-0.1, -0.05) is 60.7 Å². The van der Waals surface area contributed by atoms with Gasteiger partial charge in [0.25, 0.3) is 15.9 Å². The lowest BCUT2D eigenvalue weighted by Crippen LogP contribution is -2.37. The second kappa shape index (κ2) is 10.4. The van der Waals surface area contributed by atoms with Crippen LogP contribution >= 0.6 is 0 Å². The average Bonchev–Trinajstić information content (AvgIpc) is 2.88. The lowest BCUT2D eigenvalue weighted by atomic mass is 10.1. The van der Waals surface area contributed by atoms with Crippen molar-refractivity contribution >= 4 is 44.6 Å². The first-order valence-electron chi connectivity index (χ1n) is 11.0. The van der Waals surface area contributed by atoms with Gasteiger partial charge in [-0.25, -0.2) is 13.2 Å². The molecule has 0 aliphatic heterocycles. The second-order valence-corrected chi connectivity index (χ2v) is 9.81. The highest BCUT2D eigenvalue weighted by atomic mass is 32.2. The van der Waals surface area contributed by atoms with Gasteiger partial charge in [0.15, 0.2) is 0 Å². The van der Waals surface area contributed by atoms with E-state index in [1.165, 1.54) is 0 Å². The van der Waals surface area contributed by atoms with Crippen LogP contribution in [0.3, 0.4) is 0 Å². The number of carboxylic acid groups (broad SMARTS) is 1. The molecule has 182 valence electrons. The van der Waals surface area contributed by atoms with Gasteiger partial charge in [0, 0.05) is 11.3 Å². The number of carbonyl (C=O) groups is 3. The number of sulfonamides is 1. The summed E-state index contributed by atoms with van der Waals surface area (Å²) in [6, 6.07) is 23.7. The maximum absolute atomic E-state index is 13.1. The number of rotatable bonds is 9. The summed E-state index contributed by atoms with van der Waals surface area (Å²) in [7, 11) is -4.24. The van der Waals surface area contributed by atoms with E-state index in [9.17, 15) is 27.9 Å². The van der Waals surface area contributed by atoms with E-state index in [-0.39, 0.29) is 23.2 Å². The molecule has 8 nitrogen and oxygen atoms in total. The summed E-state index contributed by atoms with van der Waals surface area (Å²) in [6.45, 7) is 0. The topological polar surface area (TPSA) is 130 Å². The zero-order valence-electron chi connectivity index (χ0n) is 18.9. The normalized spacial score (nSPS) is 12.0. The fourth-order valence-corrected chi connectivity index (χ4v) is 4.85. The van der Waals surface area contributed by atoms with Gasteiger partial charge in [0.05, 0.1) is 16.5 Å². The van der Waals surface area contributed by atoms with Crippen LogP contribution < -0.4 is 10.0 Å². The van der Waals surface area contributed by atoms with Crippen molar-refractivity contribution < 1.29 is 27.9 Å². The number of aromatic carboxylic acids is 1. The maximum atomic E-state index is 13.1. The zero-order chi connectivity index (χ0) is 25.7. The zero-order valence-corrected chi connectivity index (χ0v) is 19.7. The molecule has 4 rings (SSSR count). The molecule has 3 N–H and O–H groups in total. The van der Waals surface area contributed by atoms with Crippen molar-refractivity contribution in [2.45, 2.75) is 17.4 Å². The molecule has 36 heavy (non-hydrogen) atoms. The summed E-state index contributed by atoms with van der Waals surface area (Å²) in [5.41, 5.74) is 0.516. The molecule has 0 heterocycles. The first-order chi connectivity index (χ1) is 17.2. The van der Waals surface area contributed by atoms with Crippen LogP contribution in [0.15, 0.2) is 95.9 Å². The molecule has 0 saturated heterocycles. The molecule has 0 aromatic heterocycles. The van der Waals surface area contributed by atoms with Gasteiger partial charge < -0.3 is 15.2 Å². The number of carboxylic acids is 1. The van der Waals surface area contributed by atoms with Gasteiger partial charge in [0.2, 0.25) is 0 Å². The SMILES string of the molecule is O=C[C@H](Cc1ccccc1)NC(=O)c1cc(C(=O)O)cc(S(=O)(=O)Nc2ccc3ccccc3c2)c1. The van der Waals surface area contributed by atoms with Crippen LogP contribution in [-0.4, -0.2) is 37.7 Å². The largest absolute Gasteiger partial charge is 0.478 e. The summed E-state index contributed by atoms with van der Waals surface area (Å²) in [5, 5.41) is 13.8. The van der Waals surface area contributed by atoms with Gasteiger partial charge in [-0.05, 0) is 53.1 Å². The third kappa shape index (κ3) is 5.76. The molecule has 0 saturated carbocycles. The average molecular weight is 503 g/mol. The number of aldehydes is 1. The Hall–Kier alpha value is -4.50. The first-order valence-corrected chi connectivity index (χ1v) is 12.4. The van der Waals surface area contributed by atoms with Gasteiger partial charge >= 0.3 is 5.97 Å². The highest BCUT2D eigenvalue weighted by molar-refractivity contribution is 7.92. The molecular weight excluding hydrogens is 480 g/mol. The van der Waals surface area contributed by atoms with Gasteiger partial charge in [-0.2, -0.15) is 0 Å². The first kappa shape index (κ1) is 24.6. The molecule has 0 aliphatic carbocycles. The minimum absolute atomic E-state index is 0.200. The molecule has 1 atom stereocenters. The molecule has 0 aliphatic rings. The van der Waals surface area contributed by atoms with Crippen LogP contribution in [0.4, 0.5) is 5.69 Å². The smallest absolute Gasteiger partial charge is 0.335 e. The third-order valence-electron chi connectivity index (χ3n) is 5.51. The lowest BCUT2D eigenvalue weighted by Gasteiger charge is -2.15. The molecule has 1 amide bonds. The van der Waals surface area contributed by atoms with E-state index < -0.39 is 32.8 Å². The van der Waals surface area contributed by atoms with Crippen molar-refractivity contribution in [2.75, 3.05) is 4.72 Å². The number of anilines is 1.